The first-order valence-electron chi connectivity index (χ1n) is 11.1. The van der Waals surface area contributed by atoms with Crippen LogP contribution in [0, 0.1) is 0 Å². The number of hydrogen-bond donors (Lipinski definition) is 1. The van der Waals surface area contributed by atoms with Crippen LogP contribution in [-0.2, 0) is 19.4 Å². The minimum absolute atomic E-state index is 0.441. The lowest BCUT2D eigenvalue weighted by Gasteiger charge is -2.31. The lowest BCUT2D eigenvalue weighted by atomic mass is 9.97. The Hall–Kier alpha value is -2.47. The molecule has 2 aliphatic carbocycles. The standard InChI is InChI=1S/C23H28N6/c1-2-7-18(8-3-1)29-21-10-4-9-19(21)20(27-29)15-28-13-5-6-17(14-28)23-24-22(25-26-23)16-11-12-16/h1-3,7-8,16-17H,4-6,9-15H2,(H,24,25,26). The Balaban J connectivity index is 1.21. The number of hydrogen-bond acceptors (Lipinski definition) is 4. The van der Waals surface area contributed by atoms with E-state index in [4.69, 9.17) is 10.1 Å². The van der Waals surface area contributed by atoms with Gasteiger partial charge in [0, 0.05) is 30.6 Å². The Morgan fingerprint density at radius 2 is 1.90 bits per heavy atom. The molecule has 29 heavy (non-hydrogen) atoms. The quantitative estimate of drug-likeness (QED) is 0.723. The number of piperidine rings is 1. The second-order valence-corrected chi connectivity index (χ2v) is 8.90. The number of H-pyrrole nitrogens is 1. The summed E-state index contributed by atoms with van der Waals surface area (Å²) in [4.78, 5) is 7.39. The third-order valence-electron chi connectivity index (χ3n) is 6.74. The second kappa shape index (κ2) is 7.10. The van der Waals surface area contributed by atoms with Crippen molar-refractivity contribution in [3.8, 4) is 5.69 Å². The zero-order valence-corrected chi connectivity index (χ0v) is 16.8. The maximum absolute atomic E-state index is 5.07. The summed E-state index contributed by atoms with van der Waals surface area (Å²) in [6, 6.07) is 10.6. The zero-order valence-electron chi connectivity index (χ0n) is 16.8. The highest BCUT2D eigenvalue weighted by Gasteiger charge is 2.31. The van der Waals surface area contributed by atoms with E-state index in [1.54, 1.807) is 0 Å². The van der Waals surface area contributed by atoms with Gasteiger partial charge in [-0.15, -0.1) is 0 Å². The van der Waals surface area contributed by atoms with Gasteiger partial charge in [-0.2, -0.15) is 10.2 Å². The molecule has 6 nitrogen and oxygen atoms in total. The number of para-hydroxylation sites is 1. The van der Waals surface area contributed by atoms with Crippen LogP contribution in [0.15, 0.2) is 30.3 Å². The van der Waals surface area contributed by atoms with Gasteiger partial charge in [-0.3, -0.25) is 10.00 Å². The number of rotatable bonds is 5. The van der Waals surface area contributed by atoms with E-state index in [-0.39, 0.29) is 0 Å². The van der Waals surface area contributed by atoms with Crippen LogP contribution in [0.4, 0.5) is 0 Å². The maximum atomic E-state index is 5.07. The molecule has 1 N–H and O–H groups in total. The van der Waals surface area contributed by atoms with Crippen molar-refractivity contribution in [2.75, 3.05) is 13.1 Å². The lowest BCUT2D eigenvalue weighted by molar-refractivity contribution is 0.194. The molecule has 2 aromatic heterocycles. The molecule has 1 aliphatic heterocycles. The molecule has 0 bridgehead atoms. The summed E-state index contributed by atoms with van der Waals surface area (Å²) in [5, 5.41) is 12.8. The van der Waals surface area contributed by atoms with Crippen LogP contribution in [-0.4, -0.2) is 43.0 Å². The van der Waals surface area contributed by atoms with Crippen molar-refractivity contribution in [3.05, 3.63) is 58.9 Å². The third-order valence-corrected chi connectivity index (χ3v) is 6.74. The molecule has 6 heteroatoms. The van der Waals surface area contributed by atoms with E-state index in [0.717, 1.165) is 37.7 Å². The van der Waals surface area contributed by atoms with Crippen molar-refractivity contribution in [1.82, 2.24) is 29.9 Å². The fourth-order valence-electron chi connectivity index (χ4n) is 5.06. The molecule has 3 heterocycles. The van der Waals surface area contributed by atoms with Crippen LogP contribution in [0.3, 0.4) is 0 Å². The van der Waals surface area contributed by atoms with Gasteiger partial charge in [0.05, 0.1) is 11.4 Å². The van der Waals surface area contributed by atoms with E-state index in [9.17, 15) is 0 Å². The van der Waals surface area contributed by atoms with Crippen LogP contribution >= 0.6 is 0 Å². The number of fused-ring (bicyclic) bond motifs is 1. The smallest absolute Gasteiger partial charge is 0.155 e. The maximum Gasteiger partial charge on any atom is 0.155 e. The molecular formula is C23H28N6. The van der Waals surface area contributed by atoms with Crippen molar-refractivity contribution < 1.29 is 0 Å². The fraction of sp³-hybridized carbons (Fsp3) is 0.522. The van der Waals surface area contributed by atoms with Gasteiger partial charge in [0.15, 0.2) is 5.82 Å². The Labute approximate surface area is 171 Å². The number of benzene rings is 1. The van der Waals surface area contributed by atoms with Gasteiger partial charge < -0.3 is 0 Å². The Morgan fingerprint density at radius 3 is 2.76 bits per heavy atom. The van der Waals surface area contributed by atoms with E-state index in [1.165, 1.54) is 61.2 Å². The van der Waals surface area contributed by atoms with Crippen molar-refractivity contribution in [2.45, 2.75) is 63.3 Å². The first-order valence-corrected chi connectivity index (χ1v) is 11.1. The molecule has 3 aromatic rings. The molecule has 1 aromatic carbocycles. The van der Waals surface area contributed by atoms with Crippen LogP contribution < -0.4 is 0 Å². The molecule has 0 radical (unpaired) electrons. The normalized spacial score (nSPS) is 22.1. The molecule has 1 saturated carbocycles. The molecule has 0 spiro atoms. The molecule has 1 atom stereocenters. The number of nitrogens with one attached hydrogen (secondary N) is 1. The Morgan fingerprint density at radius 1 is 1.00 bits per heavy atom. The summed E-state index contributed by atoms with van der Waals surface area (Å²) in [7, 11) is 0. The minimum Gasteiger partial charge on any atom is -0.297 e. The van der Waals surface area contributed by atoms with Crippen LogP contribution in [0.25, 0.3) is 5.69 Å². The highest BCUT2D eigenvalue weighted by atomic mass is 15.3. The molecule has 1 unspecified atom stereocenters. The second-order valence-electron chi connectivity index (χ2n) is 8.90. The summed E-state index contributed by atoms with van der Waals surface area (Å²) in [6.07, 6.45) is 8.48. The summed E-state index contributed by atoms with van der Waals surface area (Å²) >= 11 is 0. The molecule has 6 rings (SSSR count). The monoisotopic (exact) mass is 388 g/mol. The zero-order chi connectivity index (χ0) is 19.2. The van der Waals surface area contributed by atoms with Gasteiger partial charge in [-0.1, -0.05) is 18.2 Å². The number of nitrogens with zero attached hydrogens (tertiary/aromatic N) is 5. The van der Waals surface area contributed by atoms with Crippen LogP contribution in [0.2, 0.25) is 0 Å². The summed E-state index contributed by atoms with van der Waals surface area (Å²) < 4.78 is 2.19. The van der Waals surface area contributed by atoms with Crippen molar-refractivity contribution >= 4 is 0 Å². The number of likely N-dealkylation sites (tertiary alicyclic amines) is 1. The SMILES string of the molecule is c1ccc(-n2nc(CN3CCCC(c4n[nH]c(C5CC5)n4)C3)c3c2CCC3)cc1. The first kappa shape index (κ1) is 17.4. The van der Waals surface area contributed by atoms with Crippen LogP contribution in [0.1, 0.15) is 72.5 Å². The number of aromatic nitrogens is 5. The topological polar surface area (TPSA) is 62.6 Å². The Kier molecular flexibility index (Phi) is 4.26. The molecular weight excluding hydrogens is 360 g/mol. The lowest BCUT2D eigenvalue weighted by Crippen LogP contribution is -2.34. The predicted molar refractivity (Wildman–Crippen MR) is 111 cm³/mol. The van der Waals surface area contributed by atoms with E-state index in [0.29, 0.717) is 11.8 Å². The Bertz CT molecular complexity index is 1000. The highest BCUT2D eigenvalue weighted by molar-refractivity contribution is 5.39. The number of aromatic amines is 1. The molecule has 0 amide bonds. The van der Waals surface area contributed by atoms with Gasteiger partial charge in [0.25, 0.3) is 0 Å². The summed E-state index contributed by atoms with van der Waals surface area (Å²) in [6.45, 7) is 3.12. The summed E-state index contributed by atoms with van der Waals surface area (Å²) in [5.74, 6) is 3.21. The largest absolute Gasteiger partial charge is 0.297 e. The average Bonchev–Trinajstić information content (AvgIpc) is 3.16. The van der Waals surface area contributed by atoms with Crippen molar-refractivity contribution in [2.24, 2.45) is 0 Å². The van der Waals surface area contributed by atoms with Crippen LogP contribution in [0.5, 0.6) is 0 Å². The first-order chi connectivity index (χ1) is 14.3. The fourth-order valence-corrected chi connectivity index (χ4v) is 5.06. The van der Waals surface area contributed by atoms with Gasteiger partial charge >= 0.3 is 0 Å². The van der Waals surface area contributed by atoms with Crippen molar-refractivity contribution in [3.63, 3.8) is 0 Å². The van der Waals surface area contributed by atoms with Gasteiger partial charge in [0.2, 0.25) is 0 Å². The van der Waals surface area contributed by atoms with Crippen molar-refractivity contribution in [1.29, 1.82) is 0 Å². The van der Waals surface area contributed by atoms with Gasteiger partial charge in [0.1, 0.15) is 5.82 Å². The van der Waals surface area contributed by atoms with Gasteiger partial charge in [-0.25, -0.2) is 9.67 Å². The molecule has 150 valence electrons. The molecule has 2 fully saturated rings. The summed E-state index contributed by atoms with van der Waals surface area (Å²) in [5.41, 5.74) is 5.37. The molecule has 3 aliphatic rings. The molecule has 1 saturated heterocycles. The average molecular weight is 389 g/mol. The van der Waals surface area contributed by atoms with E-state index >= 15 is 0 Å². The minimum atomic E-state index is 0.441. The third kappa shape index (κ3) is 3.29. The van der Waals surface area contributed by atoms with E-state index in [2.05, 4.69) is 50.1 Å². The predicted octanol–water partition coefficient (Wildman–Crippen LogP) is 3.74. The van der Waals surface area contributed by atoms with E-state index < -0.39 is 0 Å². The highest BCUT2D eigenvalue weighted by Crippen LogP contribution is 2.38. The van der Waals surface area contributed by atoms with Gasteiger partial charge in [-0.05, 0) is 69.2 Å². The van der Waals surface area contributed by atoms with E-state index in [1.807, 2.05) is 0 Å².